The van der Waals surface area contributed by atoms with Crippen LogP contribution in [0.15, 0.2) is 61.2 Å². The van der Waals surface area contributed by atoms with Crippen LogP contribution >= 0.6 is 11.8 Å². The van der Waals surface area contributed by atoms with Crippen molar-refractivity contribution in [2.24, 2.45) is 0 Å². The van der Waals surface area contributed by atoms with Gasteiger partial charge in [0.25, 0.3) is 0 Å². The van der Waals surface area contributed by atoms with Crippen molar-refractivity contribution in [3.05, 3.63) is 81.8 Å². The summed E-state index contributed by atoms with van der Waals surface area (Å²) in [6.45, 7) is 0. The summed E-state index contributed by atoms with van der Waals surface area (Å²) in [6.07, 6.45) is 1.15. The van der Waals surface area contributed by atoms with Gasteiger partial charge in [0.05, 0.1) is 31.5 Å². The first-order valence-electron chi connectivity index (χ1n) is 8.43. The van der Waals surface area contributed by atoms with E-state index in [1.807, 2.05) is 0 Å². The van der Waals surface area contributed by atoms with E-state index in [0.29, 0.717) is 5.76 Å². The summed E-state index contributed by atoms with van der Waals surface area (Å²) in [6, 6.07) is 7.38. The summed E-state index contributed by atoms with van der Waals surface area (Å²) in [4.78, 5) is 24.2. The predicted molar refractivity (Wildman–Crippen MR) is 99.7 cm³/mol. The molecule has 1 N–H and O–H groups in total. The van der Waals surface area contributed by atoms with Gasteiger partial charge in [-0.1, -0.05) is 0 Å². The predicted octanol–water partition coefficient (Wildman–Crippen LogP) is 4.20. The molecule has 0 amide bonds. The number of carbonyl (C=O) groups excluding carboxylic acids is 1. The van der Waals surface area contributed by atoms with Crippen molar-refractivity contribution in [3.8, 4) is 5.75 Å². The number of esters is 1. The maximum atomic E-state index is 13.8. The van der Waals surface area contributed by atoms with Crippen LogP contribution in [0.3, 0.4) is 0 Å². The van der Waals surface area contributed by atoms with E-state index in [0.717, 1.165) is 30.0 Å². The number of benzene rings is 1. The maximum absolute atomic E-state index is 13.8. The second-order valence-electron chi connectivity index (χ2n) is 6.00. The van der Waals surface area contributed by atoms with Crippen molar-refractivity contribution < 1.29 is 32.3 Å². The Morgan fingerprint density at radius 1 is 1.28 bits per heavy atom. The van der Waals surface area contributed by atoms with E-state index in [1.54, 1.807) is 12.1 Å². The zero-order valence-electron chi connectivity index (χ0n) is 15.2. The maximum Gasteiger partial charge on any atom is 0.306 e. The molecular formula is C20H16F2O6S. The molecule has 0 aliphatic rings. The molecule has 152 valence electrons. The SMILES string of the molecule is COC(=O)C[C@H](c1ccco1)c1oc(CSc2ccc(F)cc2F)cc(=O)c1O. The molecule has 1 atom stereocenters. The molecule has 9 heteroatoms. The van der Waals surface area contributed by atoms with Gasteiger partial charge in [-0.05, 0) is 24.3 Å². The number of carbonyl (C=O) groups is 1. The van der Waals surface area contributed by atoms with Crippen LogP contribution in [0.25, 0.3) is 0 Å². The number of furan rings is 1. The molecule has 0 bridgehead atoms. The van der Waals surface area contributed by atoms with E-state index < -0.39 is 34.7 Å². The fraction of sp³-hybridized carbons (Fsp3) is 0.200. The van der Waals surface area contributed by atoms with Gasteiger partial charge in [-0.25, -0.2) is 8.78 Å². The van der Waals surface area contributed by atoms with E-state index in [2.05, 4.69) is 4.74 Å². The molecule has 2 heterocycles. The molecular weight excluding hydrogens is 406 g/mol. The van der Waals surface area contributed by atoms with Gasteiger partial charge < -0.3 is 18.7 Å². The molecule has 2 aromatic heterocycles. The van der Waals surface area contributed by atoms with Crippen LogP contribution in [0, 0.1) is 11.6 Å². The molecule has 1 aromatic carbocycles. The minimum Gasteiger partial charge on any atom is -0.502 e. The fourth-order valence-electron chi connectivity index (χ4n) is 2.67. The van der Waals surface area contributed by atoms with Crippen LogP contribution in [0.2, 0.25) is 0 Å². The van der Waals surface area contributed by atoms with Crippen LogP contribution in [0.1, 0.15) is 29.6 Å². The van der Waals surface area contributed by atoms with Crippen LogP contribution in [-0.4, -0.2) is 18.2 Å². The molecule has 6 nitrogen and oxygen atoms in total. The summed E-state index contributed by atoms with van der Waals surface area (Å²) in [5, 5.41) is 10.2. The molecule has 0 saturated heterocycles. The molecule has 0 spiro atoms. The van der Waals surface area contributed by atoms with Crippen LogP contribution in [-0.2, 0) is 15.3 Å². The Labute approximate surface area is 168 Å². The van der Waals surface area contributed by atoms with Gasteiger partial charge >= 0.3 is 5.97 Å². The summed E-state index contributed by atoms with van der Waals surface area (Å²) < 4.78 is 42.5. The first kappa shape index (κ1) is 20.7. The summed E-state index contributed by atoms with van der Waals surface area (Å²) in [5.41, 5.74) is -0.720. The number of hydrogen-bond acceptors (Lipinski definition) is 7. The number of methoxy groups -OCH3 is 1. The largest absolute Gasteiger partial charge is 0.502 e. The van der Waals surface area contributed by atoms with Gasteiger partial charge in [-0.3, -0.25) is 9.59 Å². The number of aromatic hydroxyl groups is 1. The minimum atomic E-state index is -0.891. The van der Waals surface area contributed by atoms with Gasteiger partial charge in [0.2, 0.25) is 11.2 Å². The lowest BCUT2D eigenvalue weighted by Gasteiger charge is -2.15. The average Bonchev–Trinajstić information content (AvgIpc) is 3.22. The number of hydrogen-bond donors (Lipinski definition) is 1. The topological polar surface area (TPSA) is 89.9 Å². The number of halogens is 2. The highest BCUT2D eigenvalue weighted by molar-refractivity contribution is 7.98. The molecule has 0 radical (unpaired) electrons. The van der Waals surface area contributed by atoms with E-state index in [1.165, 1.54) is 19.4 Å². The average molecular weight is 422 g/mol. The van der Waals surface area contributed by atoms with Gasteiger partial charge in [-0.15, -0.1) is 11.8 Å². The lowest BCUT2D eigenvalue weighted by molar-refractivity contribution is -0.141. The fourth-order valence-corrected chi connectivity index (χ4v) is 3.47. The van der Waals surface area contributed by atoms with Crippen molar-refractivity contribution in [1.82, 2.24) is 0 Å². The Morgan fingerprint density at radius 2 is 2.07 bits per heavy atom. The highest BCUT2D eigenvalue weighted by Gasteiger charge is 2.28. The Morgan fingerprint density at radius 3 is 2.72 bits per heavy atom. The van der Waals surface area contributed by atoms with Crippen LogP contribution in [0.4, 0.5) is 8.78 Å². The third kappa shape index (κ3) is 4.86. The van der Waals surface area contributed by atoms with E-state index in [4.69, 9.17) is 8.83 Å². The Hall–Kier alpha value is -3.07. The van der Waals surface area contributed by atoms with E-state index in [-0.39, 0.29) is 28.6 Å². The number of thioether (sulfide) groups is 1. The lowest BCUT2D eigenvalue weighted by Crippen LogP contribution is -2.13. The monoisotopic (exact) mass is 422 g/mol. The molecule has 0 saturated carbocycles. The number of rotatable bonds is 7. The van der Waals surface area contributed by atoms with Crippen molar-refractivity contribution in [1.29, 1.82) is 0 Å². The Bertz CT molecular complexity index is 1060. The lowest BCUT2D eigenvalue weighted by atomic mass is 9.98. The highest BCUT2D eigenvalue weighted by Crippen LogP contribution is 2.35. The molecule has 3 rings (SSSR count). The van der Waals surface area contributed by atoms with Crippen molar-refractivity contribution in [2.45, 2.75) is 23.0 Å². The molecule has 0 fully saturated rings. The second-order valence-corrected chi connectivity index (χ2v) is 7.02. The van der Waals surface area contributed by atoms with Crippen LogP contribution < -0.4 is 5.43 Å². The normalized spacial score (nSPS) is 12.0. The minimum absolute atomic E-state index is 0.0359. The van der Waals surface area contributed by atoms with Crippen molar-refractivity contribution in [2.75, 3.05) is 7.11 Å². The Kier molecular flexibility index (Phi) is 6.38. The van der Waals surface area contributed by atoms with Gasteiger partial charge in [0.15, 0.2) is 5.76 Å². The zero-order valence-corrected chi connectivity index (χ0v) is 16.0. The zero-order chi connectivity index (χ0) is 21.0. The van der Waals surface area contributed by atoms with Crippen molar-refractivity contribution >= 4 is 17.7 Å². The smallest absolute Gasteiger partial charge is 0.306 e. The number of ether oxygens (including phenoxy) is 1. The summed E-state index contributed by atoms with van der Waals surface area (Å²) >= 11 is 0.989. The van der Waals surface area contributed by atoms with E-state index >= 15 is 0 Å². The summed E-state index contributed by atoms with van der Waals surface area (Å²) in [5.74, 6) is -3.27. The van der Waals surface area contributed by atoms with E-state index in [9.17, 15) is 23.5 Å². The molecule has 0 aliphatic carbocycles. The first-order chi connectivity index (χ1) is 13.9. The van der Waals surface area contributed by atoms with Gasteiger partial charge in [-0.2, -0.15) is 0 Å². The van der Waals surface area contributed by atoms with Gasteiger partial charge in [0.1, 0.15) is 23.2 Å². The van der Waals surface area contributed by atoms with Crippen molar-refractivity contribution in [3.63, 3.8) is 0 Å². The standard InChI is InChI=1S/C20H16F2O6S/c1-26-18(24)9-13(16-3-2-6-27-16)20-19(25)15(23)8-12(28-20)10-29-17-5-4-11(21)7-14(17)22/h2-8,13,25H,9-10H2,1H3/t13-/m1/s1. The first-order valence-corrected chi connectivity index (χ1v) is 9.41. The molecule has 29 heavy (non-hydrogen) atoms. The summed E-state index contributed by atoms with van der Waals surface area (Å²) in [7, 11) is 1.21. The van der Waals surface area contributed by atoms with Gasteiger partial charge in [0, 0.05) is 17.0 Å². The molecule has 3 aromatic rings. The molecule has 0 unspecified atom stereocenters. The third-order valence-corrected chi connectivity index (χ3v) is 5.14. The Balaban J connectivity index is 1.93. The second kappa shape index (κ2) is 8.95. The van der Waals surface area contributed by atoms with Crippen LogP contribution in [0.5, 0.6) is 5.75 Å². The molecule has 0 aliphatic heterocycles. The third-order valence-electron chi connectivity index (χ3n) is 4.07. The quantitative estimate of drug-likeness (QED) is 0.451. The highest BCUT2D eigenvalue weighted by atomic mass is 32.2.